The molecule has 0 bridgehead atoms. The van der Waals surface area contributed by atoms with Crippen LogP contribution in [0.25, 0.3) is 0 Å². The number of rotatable bonds is 4. The zero-order chi connectivity index (χ0) is 17.1. The maximum atomic E-state index is 12.5. The van der Waals surface area contributed by atoms with Crippen LogP contribution in [0.1, 0.15) is 41.5 Å². The topological polar surface area (TPSA) is 69.2 Å². The van der Waals surface area contributed by atoms with Crippen LogP contribution in [0.5, 0.6) is 0 Å². The fraction of sp³-hybridized carbons (Fsp3) is 0.474. The van der Waals surface area contributed by atoms with E-state index in [-0.39, 0.29) is 11.8 Å². The second kappa shape index (κ2) is 7.18. The Labute approximate surface area is 142 Å². The summed E-state index contributed by atoms with van der Waals surface area (Å²) in [6.45, 7) is 5.30. The highest BCUT2D eigenvalue weighted by molar-refractivity contribution is 5.79. The molecule has 1 aromatic carbocycles. The van der Waals surface area contributed by atoms with Gasteiger partial charge in [-0.2, -0.15) is 5.10 Å². The van der Waals surface area contributed by atoms with Crippen LogP contribution >= 0.6 is 0 Å². The van der Waals surface area contributed by atoms with E-state index in [0.717, 1.165) is 35.4 Å². The lowest BCUT2D eigenvalue weighted by molar-refractivity contribution is -0.132. The second-order valence-electron chi connectivity index (χ2n) is 6.66. The first-order valence-corrected chi connectivity index (χ1v) is 8.57. The highest BCUT2D eigenvalue weighted by Gasteiger charge is 2.28. The van der Waals surface area contributed by atoms with Gasteiger partial charge in [-0.05, 0) is 38.2 Å². The van der Waals surface area contributed by atoms with Crippen molar-refractivity contribution in [3.05, 3.63) is 52.8 Å². The van der Waals surface area contributed by atoms with Crippen LogP contribution in [0.2, 0.25) is 0 Å². The molecule has 2 heterocycles. The van der Waals surface area contributed by atoms with Gasteiger partial charge in [-0.1, -0.05) is 30.3 Å². The molecule has 24 heavy (non-hydrogen) atoms. The number of aliphatic hydroxyl groups excluding tert-OH is 1. The SMILES string of the molecule is Cc1n[nH]c(C)c1CC(=O)N1CCC([C@@H](O)c2ccccc2)CC1. The smallest absolute Gasteiger partial charge is 0.227 e. The predicted molar refractivity (Wildman–Crippen MR) is 92.5 cm³/mol. The lowest BCUT2D eigenvalue weighted by atomic mass is 9.87. The molecular formula is C19H25N3O2. The van der Waals surface area contributed by atoms with Crippen molar-refractivity contribution in [2.75, 3.05) is 13.1 Å². The molecule has 1 saturated heterocycles. The normalized spacial score (nSPS) is 17.0. The third-order valence-electron chi connectivity index (χ3n) is 5.09. The van der Waals surface area contributed by atoms with E-state index in [1.165, 1.54) is 0 Å². The molecule has 2 N–H and O–H groups in total. The summed E-state index contributed by atoms with van der Waals surface area (Å²) in [4.78, 5) is 14.5. The van der Waals surface area contributed by atoms with Crippen molar-refractivity contribution in [3.63, 3.8) is 0 Å². The number of carbonyl (C=O) groups excluding carboxylic acids is 1. The molecule has 0 spiro atoms. The highest BCUT2D eigenvalue weighted by atomic mass is 16.3. The summed E-state index contributed by atoms with van der Waals surface area (Å²) in [5.74, 6) is 0.365. The Morgan fingerprint density at radius 1 is 1.29 bits per heavy atom. The summed E-state index contributed by atoms with van der Waals surface area (Å²) in [5.41, 5.74) is 3.84. The number of carbonyl (C=O) groups is 1. The molecule has 1 aliphatic rings. The van der Waals surface area contributed by atoms with Gasteiger partial charge in [0, 0.05) is 24.3 Å². The summed E-state index contributed by atoms with van der Waals surface area (Å²) in [6.07, 6.45) is 1.64. The first kappa shape index (κ1) is 16.7. The number of piperidine rings is 1. The lowest BCUT2D eigenvalue weighted by Gasteiger charge is -2.34. The summed E-state index contributed by atoms with van der Waals surface area (Å²) < 4.78 is 0. The van der Waals surface area contributed by atoms with Crippen LogP contribution in [0.15, 0.2) is 30.3 Å². The summed E-state index contributed by atoms with van der Waals surface area (Å²) in [5, 5.41) is 17.6. The van der Waals surface area contributed by atoms with Gasteiger partial charge < -0.3 is 10.0 Å². The van der Waals surface area contributed by atoms with Gasteiger partial charge in [0.1, 0.15) is 0 Å². The Bertz CT molecular complexity index is 668. The summed E-state index contributed by atoms with van der Waals surface area (Å²) in [7, 11) is 0. The third-order valence-corrected chi connectivity index (χ3v) is 5.09. The van der Waals surface area contributed by atoms with E-state index in [0.29, 0.717) is 19.5 Å². The van der Waals surface area contributed by atoms with Crippen LogP contribution in [-0.4, -0.2) is 39.2 Å². The van der Waals surface area contributed by atoms with Crippen LogP contribution in [0.4, 0.5) is 0 Å². The van der Waals surface area contributed by atoms with Gasteiger partial charge in [0.2, 0.25) is 5.91 Å². The molecule has 2 aromatic rings. The van der Waals surface area contributed by atoms with E-state index in [4.69, 9.17) is 0 Å². The van der Waals surface area contributed by atoms with Crippen molar-refractivity contribution in [1.29, 1.82) is 0 Å². The fourth-order valence-corrected chi connectivity index (χ4v) is 3.48. The largest absolute Gasteiger partial charge is 0.388 e. The molecule has 1 amide bonds. The van der Waals surface area contributed by atoms with Gasteiger partial charge in [-0.3, -0.25) is 9.89 Å². The van der Waals surface area contributed by atoms with Crippen molar-refractivity contribution < 1.29 is 9.90 Å². The minimum atomic E-state index is -0.443. The average Bonchev–Trinajstić information content (AvgIpc) is 2.94. The maximum Gasteiger partial charge on any atom is 0.227 e. The van der Waals surface area contributed by atoms with Gasteiger partial charge in [-0.15, -0.1) is 0 Å². The summed E-state index contributed by atoms with van der Waals surface area (Å²) >= 11 is 0. The van der Waals surface area contributed by atoms with E-state index < -0.39 is 6.10 Å². The molecule has 1 fully saturated rings. The number of H-pyrrole nitrogens is 1. The summed E-state index contributed by atoms with van der Waals surface area (Å²) in [6, 6.07) is 9.79. The Morgan fingerprint density at radius 2 is 1.96 bits per heavy atom. The van der Waals surface area contributed by atoms with Gasteiger partial charge in [0.05, 0.1) is 18.2 Å². The maximum absolute atomic E-state index is 12.5. The van der Waals surface area contributed by atoms with Crippen LogP contribution in [-0.2, 0) is 11.2 Å². The number of amides is 1. The number of aliphatic hydroxyl groups is 1. The number of likely N-dealkylation sites (tertiary alicyclic amines) is 1. The first-order chi connectivity index (χ1) is 11.6. The molecule has 1 aromatic heterocycles. The van der Waals surface area contributed by atoms with Gasteiger partial charge in [-0.25, -0.2) is 0 Å². The molecule has 1 aliphatic heterocycles. The average molecular weight is 327 g/mol. The van der Waals surface area contributed by atoms with Crippen molar-refractivity contribution in [1.82, 2.24) is 15.1 Å². The van der Waals surface area contributed by atoms with Gasteiger partial charge in [0.25, 0.3) is 0 Å². The quantitative estimate of drug-likeness (QED) is 0.907. The number of aromatic nitrogens is 2. The predicted octanol–water partition coefficient (Wildman–Crippen LogP) is 2.54. The zero-order valence-electron chi connectivity index (χ0n) is 14.3. The molecule has 3 rings (SSSR count). The molecule has 0 aliphatic carbocycles. The number of aryl methyl sites for hydroxylation is 2. The zero-order valence-corrected chi connectivity index (χ0v) is 14.3. The van der Waals surface area contributed by atoms with Crippen LogP contribution < -0.4 is 0 Å². The molecular weight excluding hydrogens is 302 g/mol. The second-order valence-corrected chi connectivity index (χ2v) is 6.66. The Hall–Kier alpha value is -2.14. The number of aromatic amines is 1. The van der Waals surface area contributed by atoms with Crippen molar-refractivity contribution in [3.8, 4) is 0 Å². The Kier molecular flexibility index (Phi) is 5.00. The van der Waals surface area contributed by atoms with Gasteiger partial charge >= 0.3 is 0 Å². The van der Waals surface area contributed by atoms with E-state index in [1.54, 1.807) is 0 Å². The van der Waals surface area contributed by atoms with Crippen molar-refractivity contribution >= 4 is 5.91 Å². The van der Waals surface area contributed by atoms with E-state index in [1.807, 2.05) is 49.1 Å². The molecule has 0 unspecified atom stereocenters. The molecule has 128 valence electrons. The molecule has 0 saturated carbocycles. The number of benzene rings is 1. The molecule has 1 atom stereocenters. The van der Waals surface area contributed by atoms with Crippen LogP contribution in [0, 0.1) is 19.8 Å². The Morgan fingerprint density at radius 3 is 2.54 bits per heavy atom. The standard InChI is InChI=1S/C19H25N3O2/c1-13-17(14(2)21-20-13)12-18(23)22-10-8-16(9-11-22)19(24)15-6-4-3-5-7-15/h3-7,16,19,24H,8-12H2,1-2H3,(H,20,21)/t19-/m0/s1. The van der Waals surface area contributed by atoms with Crippen LogP contribution in [0.3, 0.4) is 0 Å². The first-order valence-electron chi connectivity index (χ1n) is 8.57. The molecule has 5 nitrogen and oxygen atoms in total. The Balaban J connectivity index is 1.56. The third kappa shape index (κ3) is 3.51. The monoisotopic (exact) mass is 327 g/mol. The van der Waals surface area contributed by atoms with E-state index in [9.17, 15) is 9.90 Å². The van der Waals surface area contributed by atoms with Crippen molar-refractivity contribution in [2.24, 2.45) is 5.92 Å². The minimum Gasteiger partial charge on any atom is -0.388 e. The number of nitrogens with zero attached hydrogens (tertiary/aromatic N) is 2. The number of hydrogen-bond donors (Lipinski definition) is 2. The van der Waals surface area contributed by atoms with E-state index in [2.05, 4.69) is 10.2 Å². The number of nitrogens with one attached hydrogen (secondary N) is 1. The van der Waals surface area contributed by atoms with Gasteiger partial charge in [0.15, 0.2) is 0 Å². The lowest BCUT2D eigenvalue weighted by Crippen LogP contribution is -2.40. The number of hydrogen-bond acceptors (Lipinski definition) is 3. The van der Waals surface area contributed by atoms with Crippen molar-refractivity contribution in [2.45, 2.75) is 39.2 Å². The molecule has 5 heteroatoms. The fourth-order valence-electron chi connectivity index (χ4n) is 3.48. The minimum absolute atomic E-state index is 0.148. The highest BCUT2D eigenvalue weighted by Crippen LogP contribution is 2.30. The van der Waals surface area contributed by atoms with E-state index >= 15 is 0 Å². The molecule has 0 radical (unpaired) electrons.